The van der Waals surface area contributed by atoms with Crippen LogP contribution in [0.5, 0.6) is 0 Å². The highest BCUT2D eigenvalue weighted by Gasteiger charge is 2.30. The first kappa shape index (κ1) is 9.23. The molecule has 2 unspecified atom stereocenters. The van der Waals surface area contributed by atoms with E-state index in [1.54, 1.807) is 0 Å². The summed E-state index contributed by atoms with van der Waals surface area (Å²) in [5, 5.41) is 0. The maximum Gasteiger partial charge on any atom is 0.136 e. The summed E-state index contributed by atoms with van der Waals surface area (Å²) in [6.45, 7) is 2.29. The molecule has 0 amide bonds. The number of hydrogen-bond acceptors (Lipinski definition) is 1. The van der Waals surface area contributed by atoms with E-state index in [-0.39, 0.29) is 0 Å². The Hall–Kier alpha value is -0.330. The molecule has 0 radical (unpaired) electrons. The van der Waals surface area contributed by atoms with Crippen molar-refractivity contribution in [2.75, 3.05) is 0 Å². The van der Waals surface area contributed by atoms with Crippen LogP contribution in [-0.2, 0) is 4.79 Å². The Morgan fingerprint density at radius 3 is 2.62 bits per heavy atom. The minimum Gasteiger partial charge on any atom is -0.299 e. The van der Waals surface area contributed by atoms with Gasteiger partial charge in [-0.05, 0) is 37.5 Å². The van der Waals surface area contributed by atoms with Crippen molar-refractivity contribution in [2.45, 2.75) is 51.9 Å². The third-order valence-corrected chi connectivity index (χ3v) is 3.58. The quantitative estimate of drug-likeness (QED) is 0.652. The monoisotopic (exact) mass is 180 g/mol. The zero-order valence-electron chi connectivity index (χ0n) is 8.59. The molecule has 13 heavy (non-hydrogen) atoms. The minimum atomic E-state index is 0.435. The summed E-state index contributed by atoms with van der Waals surface area (Å²) in [6, 6.07) is 0. The maximum absolute atomic E-state index is 11.8. The van der Waals surface area contributed by atoms with Gasteiger partial charge in [0, 0.05) is 12.3 Å². The van der Waals surface area contributed by atoms with Crippen molar-refractivity contribution in [3.63, 3.8) is 0 Å². The lowest BCUT2D eigenvalue weighted by Gasteiger charge is -2.25. The van der Waals surface area contributed by atoms with E-state index in [2.05, 4.69) is 6.92 Å². The molecule has 0 aromatic carbocycles. The van der Waals surface area contributed by atoms with E-state index >= 15 is 0 Å². The van der Waals surface area contributed by atoms with Gasteiger partial charge in [0.2, 0.25) is 0 Å². The first-order chi connectivity index (χ1) is 6.25. The largest absolute Gasteiger partial charge is 0.299 e. The first-order valence-electron chi connectivity index (χ1n) is 5.78. The van der Waals surface area contributed by atoms with Gasteiger partial charge in [-0.15, -0.1) is 0 Å². The average Bonchev–Trinajstić information content (AvgIpc) is 2.88. The second kappa shape index (κ2) is 3.81. The van der Waals surface area contributed by atoms with Gasteiger partial charge in [-0.1, -0.05) is 19.8 Å². The lowest BCUT2D eigenvalue weighted by atomic mass is 9.79. The van der Waals surface area contributed by atoms with Crippen LogP contribution >= 0.6 is 0 Å². The Balaban J connectivity index is 1.80. The molecule has 2 saturated carbocycles. The van der Waals surface area contributed by atoms with Crippen LogP contribution in [0.2, 0.25) is 0 Å². The molecule has 74 valence electrons. The zero-order valence-corrected chi connectivity index (χ0v) is 8.59. The molecule has 2 aliphatic carbocycles. The van der Waals surface area contributed by atoms with E-state index in [1.807, 2.05) is 0 Å². The highest BCUT2D eigenvalue weighted by Crippen LogP contribution is 2.36. The highest BCUT2D eigenvalue weighted by molar-refractivity contribution is 5.81. The van der Waals surface area contributed by atoms with Crippen LogP contribution < -0.4 is 0 Å². The molecule has 0 saturated heterocycles. The molecule has 0 aromatic rings. The normalized spacial score (nSPS) is 34.5. The standard InChI is InChI=1S/C12H20O/c1-9-3-2-4-11(7-9)12(13)8-10-5-6-10/h9-11H,2-8H2,1H3. The molecule has 0 N–H and O–H groups in total. The summed E-state index contributed by atoms with van der Waals surface area (Å²) in [5.74, 6) is 2.59. The minimum absolute atomic E-state index is 0.435. The molecule has 0 spiro atoms. The predicted octanol–water partition coefficient (Wildman–Crippen LogP) is 3.18. The van der Waals surface area contributed by atoms with Crippen molar-refractivity contribution < 1.29 is 4.79 Å². The van der Waals surface area contributed by atoms with Crippen LogP contribution in [0, 0.1) is 17.8 Å². The fourth-order valence-corrected chi connectivity index (χ4v) is 2.50. The summed E-state index contributed by atoms with van der Waals surface area (Å²) < 4.78 is 0. The summed E-state index contributed by atoms with van der Waals surface area (Å²) >= 11 is 0. The molecule has 0 aromatic heterocycles. The third-order valence-electron chi connectivity index (χ3n) is 3.58. The van der Waals surface area contributed by atoms with Gasteiger partial charge in [0.25, 0.3) is 0 Å². The number of carbonyl (C=O) groups is 1. The Morgan fingerprint density at radius 1 is 1.23 bits per heavy atom. The molecule has 2 atom stereocenters. The van der Waals surface area contributed by atoms with Crippen molar-refractivity contribution >= 4 is 5.78 Å². The van der Waals surface area contributed by atoms with Gasteiger partial charge >= 0.3 is 0 Å². The van der Waals surface area contributed by atoms with E-state index < -0.39 is 0 Å². The van der Waals surface area contributed by atoms with Gasteiger partial charge in [0.1, 0.15) is 5.78 Å². The number of Topliss-reactive ketones (excluding diaryl/α,β-unsaturated/α-hetero) is 1. The number of hydrogen-bond donors (Lipinski definition) is 0. The van der Waals surface area contributed by atoms with Crippen LogP contribution in [-0.4, -0.2) is 5.78 Å². The summed E-state index contributed by atoms with van der Waals surface area (Å²) in [5.41, 5.74) is 0. The van der Waals surface area contributed by atoms with Crippen LogP contribution in [0.1, 0.15) is 51.9 Å². The summed E-state index contributed by atoms with van der Waals surface area (Å²) in [4.78, 5) is 11.8. The van der Waals surface area contributed by atoms with E-state index in [0.717, 1.165) is 18.3 Å². The highest BCUT2D eigenvalue weighted by atomic mass is 16.1. The second-order valence-corrected chi connectivity index (χ2v) is 5.08. The predicted molar refractivity (Wildman–Crippen MR) is 53.5 cm³/mol. The van der Waals surface area contributed by atoms with E-state index in [1.165, 1.54) is 38.5 Å². The van der Waals surface area contributed by atoms with Crippen LogP contribution in [0.15, 0.2) is 0 Å². The SMILES string of the molecule is CC1CCCC(C(=O)CC2CC2)C1. The molecular formula is C12H20O. The molecule has 2 aliphatic rings. The zero-order chi connectivity index (χ0) is 9.26. The lowest BCUT2D eigenvalue weighted by molar-refractivity contribution is -0.124. The fraction of sp³-hybridized carbons (Fsp3) is 0.917. The maximum atomic E-state index is 11.8. The van der Waals surface area contributed by atoms with Crippen molar-refractivity contribution in [3.05, 3.63) is 0 Å². The van der Waals surface area contributed by atoms with E-state index in [9.17, 15) is 4.79 Å². The number of carbonyl (C=O) groups excluding carboxylic acids is 1. The van der Waals surface area contributed by atoms with Gasteiger partial charge in [0.15, 0.2) is 0 Å². The molecule has 2 fully saturated rings. The van der Waals surface area contributed by atoms with Gasteiger partial charge in [-0.2, -0.15) is 0 Å². The van der Waals surface area contributed by atoms with Crippen molar-refractivity contribution in [3.8, 4) is 0 Å². The van der Waals surface area contributed by atoms with Gasteiger partial charge in [0.05, 0.1) is 0 Å². The van der Waals surface area contributed by atoms with E-state index in [4.69, 9.17) is 0 Å². The van der Waals surface area contributed by atoms with Crippen LogP contribution in [0.3, 0.4) is 0 Å². The van der Waals surface area contributed by atoms with Crippen LogP contribution in [0.25, 0.3) is 0 Å². The Bertz CT molecular complexity index is 193. The van der Waals surface area contributed by atoms with Crippen molar-refractivity contribution in [1.82, 2.24) is 0 Å². The lowest BCUT2D eigenvalue weighted by Crippen LogP contribution is -2.21. The van der Waals surface area contributed by atoms with Gasteiger partial charge in [-0.3, -0.25) is 4.79 Å². The summed E-state index contributed by atoms with van der Waals surface area (Å²) in [6.07, 6.45) is 8.50. The first-order valence-corrected chi connectivity index (χ1v) is 5.78. The Morgan fingerprint density at radius 2 is 2.00 bits per heavy atom. The van der Waals surface area contributed by atoms with E-state index in [0.29, 0.717) is 11.7 Å². The Kier molecular flexibility index (Phi) is 2.71. The second-order valence-electron chi connectivity index (χ2n) is 5.08. The fourth-order valence-electron chi connectivity index (χ4n) is 2.50. The molecular weight excluding hydrogens is 160 g/mol. The van der Waals surface area contributed by atoms with Gasteiger partial charge < -0.3 is 0 Å². The average molecular weight is 180 g/mol. The smallest absolute Gasteiger partial charge is 0.136 e. The molecule has 0 bridgehead atoms. The number of rotatable bonds is 3. The molecule has 1 heteroatoms. The summed E-state index contributed by atoms with van der Waals surface area (Å²) in [7, 11) is 0. The number of ketones is 1. The molecule has 1 nitrogen and oxygen atoms in total. The van der Waals surface area contributed by atoms with Gasteiger partial charge in [-0.25, -0.2) is 0 Å². The van der Waals surface area contributed by atoms with Crippen molar-refractivity contribution in [2.24, 2.45) is 17.8 Å². The molecule has 0 aliphatic heterocycles. The molecule has 0 heterocycles. The Labute approximate surface area is 80.9 Å². The van der Waals surface area contributed by atoms with Crippen LogP contribution in [0.4, 0.5) is 0 Å². The van der Waals surface area contributed by atoms with Crippen molar-refractivity contribution in [1.29, 1.82) is 0 Å². The topological polar surface area (TPSA) is 17.1 Å². The third kappa shape index (κ3) is 2.55. The molecule has 2 rings (SSSR count).